The number of amides is 1. The molecule has 80 valence electrons. The molecule has 0 saturated carbocycles. The van der Waals surface area contributed by atoms with Gasteiger partial charge in [-0.2, -0.15) is 0 Å². The van der Waals surface area contributed by atoms with Crippen LogP contribution in [0, 0.1) is 0 Å². The predicted molar refractivity (Wildman–Crippen MR) is 54.9 cm³/mol. The van der Waals surface area contributed by atoms with Gasteiger partial charge in [-0.3, -0.25) is 0 Å². The van der Waals surface area contributed by atoms with Crippen LogP contribution in [0.3, 0.4) is 0 Å². The molecule has 0 saturated heterocycles. The van der Waals surface area contributed by atoms with Crippen molar-refractivity contribution in [3.05, 3.63) is 0 Å². The van der Waals surface area contributed by atoms with Crippen LogP contribution in [-0.4, -0.2) is 45.3 Å². The number of ether oxygens (including phenoxy) is 1. The van der Waals surface area contributed by atoms with Crippen molar-refractivity contribution in [3.63, 3.8) is 0 Å². The minimum atomic E-state index is -0.373. The van der Waals surface area contributed by atoms with Gasteiger partial charge in [-0.15, -0.1) is 0 Å². The number of carbonyl (C=O) groups excluding carboxylic acids is 1. The number of methoxy groups -OCH3 is 1. The van der Waals surface area contributed by atoms with E-state index in [1.54, 1.807) is 0 Å². The fourth-order valence-electron chi connectivity index (χ4n) is 0.454. The SMILES string of the molecule is CCC.COC(=O)NCCN(C)C. The Morgan fingerprint density at radius 1 is 1.38 bits per heavy atom. The molecule has 0 unspecified atom stereocenters. The van der Waals surface area contributed by atoms with Crippen molar-refractivity contribution >= 4 is 6.09 Å². The lowest BCUT2D eigenvalue weighted by atomic mass is 10.6. The Bertz CT molecular complexity index is 116. The third kappa shape index (κ3) is 18.3. The lowest BCUT2D eigenvalue weighted by molar-refractivity contribution is 0.170. The Kier molecular flexibility index (Phi) is 12.7. The summed E-state index contributed by atoms with van der Waals surface area (Å²) in [5, 5.41) is 2.56. The zero-order valence-corrected chi connectivity index (χ0v) is 9.39. The largest absolute Gasteiger partial charge is 0.453 e. The molecule has 4 nitrogen and oxygen atoms in total. The van der Waals surface area contributed by atoms with E-state index in [1.165, 1.54) is 13.5 Å². The maximum Gasteiger partial charge on any atom is 0.406 e. The van der Waals surface area contributed by atoms with Crippen molar-refractivity contribution in [1.29, 1.82) is 0 Å². The smallest absolute Gasteiger partial charge is 0.406 e. The predicted octanol–water partition coefficient (Wildman–Crippen LogP) is 1.32. The Hall–Kier alpha value is -0.770. The Morgan fingerprint density at radius 3 is 2.15 bits per heavy atom. The van der Waals surface area contributed by atoms with Gasteiger partial charge in [0.2, 0.25) is 0 Å². The average Bonchev–Trinajstić information content (AvgIpc) is 2.05. The second kappa shape index (κ2) is 11.2. The molecule has 0 atom stereocenters. The fourth-order valence-corrected chi connectivity index (χ4v) is 0.454. The summed E-state index contributed by atoms with van der Waals surface area (Å²) in [6.07, 6.45) is 0.877. The van der Waals surface area contributed by atoms with E-state index in [4.69, 9.17) is 0 Å². The van der Waals surface area contributed by atoms with Gasteiger partial charge in [0.15, 0.2) is 0 Å². The number of hydrogen-bond donors (Lipinski definition) is 1. The van der Waals surface area contributed by atoms with E-state index in [1.807, 2.05) is 19.0 Å². The van der Waals surface area contributed by atoms with Crippen LogP contribution in [0.15, 0.2) is 0 Å². The van der Waals surface area contributed by atoms with E-state index < -0.39 is 0 Å². The number of nitrogens with one attached hydrogen (secondary N) is 1. The summed E-state index contributed by atoms with van der Waals surface area (Å²) >= 11 is 0. The molecule has 4 heteroatoms. The van der Waals surface area contributed by atoms with Crippen LogP contribution in [-0.2, 0) is 4.74 Å². The Labute approximate surface area is 81.2 Å². The van der Waals surface area contributed by atoms with Gasteiger partial charge in [-0.1, -0.05) is 20.3 Å². The van der Waals surface area contributed by atoms with E-state index in [2.05, 4.69) is 23.9 Å². The number of alkyl carbamates (subject to hydrolysis) is 1. The molecule has 13 heavy (non-hydrogen) atoms. The minimum Gasteiger partial charge on any atom is -0.453 e. The molecule has 0 rings (SSSR count). The first-order chi connectivity index (χ1) is 6.08. The molecular weight excluding hydrogens is 168 g/mol. The molecular formula is C9H22N2O2. The van der Waals surface area contributed by atoms with E-state index >= 15 is 0 Å². The summed E-state index contributed by atoms with van der Waals surface area (Å²) in [4.78, 5) is 12.4. The third-order valence-electron chi connectivity index (χ3n) is 1.01. The van der Waals surface area contributed by atoms with Crippen molar-refractivity contribution < 1.29 is 9.53 Å². The number of likely N-dealkylation sites (N-methyl/N-ethyl adjacent to an activating group) is 1. The van der Waals surface area contributed by atoms with Crippen molar-refractivity contribution in [3.8, 4) is 0 Å². The van der Waals surface area contributed by atoms with Crippen LogP contribution in [0.4, 0.5) is 4.79 Å². The lowest BCUT2D eigenvalue weighted by Gasteiger charge is -2.08. The van der Waals surface area contributed by atoms with Crippen molar-refractivity contribution in [1.82, 2.24) is 10.2 Å². The highest BCUT2D eigenvalue weighted by molar-refractivity contribution is 5.66. The Balaban J connectivity index is 0. The number of carbonyl (C=O) groups is 1. The number of nitrogens with zero attached hydrogens (tertiary/aromatic N) is 1. The molecule has 0 bridgehead atoms. The summed E-state index contributed by atoms with van der Waals surface area (Å²) in [7, 11) is 5.24. The first-order valence-corrected chi connectivity index (χ1v) is 4.54. The Morgan fingerprint density at radius 2 is 1.85 bits per heavy atom. The molecule has 0 aromatic heterocycles. The quantitative estimate of drug-likeness (QED) is 0.729. The van der Waals surface area contributed by atoms with Gasteiger partial charge in [0.1, 0.15) is 0 Å². The molecule has 0 radical (unpaired) electrons. The highest BCUT2D eigenvalue weighted by Gasteiger charge is 1.95. The summed E-state index contributed by atoms with van der Waals surface area (Å²) in [5.41, 5.74) is 0. The molecule has 0 aromatic carbocycles. The molecule has 0 spiro atoms. The maximum atomic E-state index is 10.4. The molecule has 0 heterocycles. The molecule has 1 amide bonds. The van der Waals surface area contributed by atoms with Gasteiger partial charge in [-0.05, 0) is 14.1 Å². The van der Waals surface area contributed by atoms with Gasteiger partial charge < -0.3 is 15.0 Å². The highest BCUT2D eigenvalue weighted by atomic mass is 16.5. The van der Waals surface area contributed by atoms with Crippen molar-refractivity contribution in [2.24, 2.45) is 0 Å². The second-order valence-corrected chi connectivity index (χ2v) is 2.93. The number of rotatable bonds is 3. The molecule has 1 N–H and O–H groups in total. The van der Waals surface area contributed by atoms with Crippen LogP contribution >= 0.6 is 0 Å². The fraction of sp³-hybridized carbons (Fsp3) is 0.889. The van der Waals surface area contributed by atoms with Crippen molar-refractivity contribution in [2.45, 2.75) is 20.3 Å². The lowest BCUT2D eigenvalue weighted by Crippen LogP contribution is -2.31. The first kappa shape index (κ1) is 14.7. The van der Waals surface area contributed by atoms with Gasteiger partial charge in [0.25, 0.3) is 0 Å². The van der Waals surface area contributed by atoms with Gasteiger partial charge in [0.05, 0.1) is 7.11 Å². The molecule has 0 aliphatic heterocycles. The van der Waals surface area contributed by atoms with Gasteiger partial charge in [0, 0.05) is 13.1 Å². The van der Waals surface area contributed by atoms with E-state index in [0.717, 1.165) is 6.54 Å². The molecule has 0 aliphatic carbocycles. The number of hydrogen-bond acceptors (Lipinski definition) is 3. The van der Waals surface area contributed by atoms with E-state index in [0.29, 0.717) is 6.54 Å². The monoisotopic (exact) mass is 190 g/mol. The maximum absolute atomic E-state index is 10.4. The third-order valence-corrected chi connectivity index (χ3v) is 1.01. The van der Waals surface area contributed by atoms with Crippen LogP contribution in [0.2, 0.25) is 0 Å². The van der Waals surface area contributed by atoms with E-state index in [-0.39, 0.29) is 6.09 Å². The average molecular weight is 190 g/mol. The molecule has 0 aromatic rings. The topological polar surface area (TPSA) is 41.6 Å². The normalized spacial score (nSPS) is 8.77. The van der Waals surface area contributed by atoms with Gasteiger partial charge >= 0.3 is 6.09 Å². The summed E-state index contributed by atoms with van der Waals surface area (Å²) in [6.45, 7) is 5.70. The zero-order valence-electron chi connectivity index (χ0n) is 9.39. The van der Waals surface area contributed by atoms with Crippen LogP contribution in [0.1, 0.15) is 20.3 Å². The molecule has 0 aliphatic rings. The minimum absolute atomic E-state index is 0.373. The van der Waals surface area contributed by atoms with Crippen LogP contribution < -0.4 is 5.32 Å². The summed E-state index contributed by atoms with van der Waals surface area (Å²) < 4.78 is 4.36. The summed E-state index contributed by atoms with van der Waals surface area (Å²) in [6, 6.07) is 0. The van der Waals surface area contributed by atoms with Crippen LogP contribution in [0.5, 0.6) is 0 Å². The standard InChI is InChI=1S/C6H14N2O2.C3H8/c1-8(2)5-4-7-6(9)10-3;1-3-2/h4-5H2,1-3H3,(H,7,9);3H2,1-2H3. The van der Waals surface area contributed by atoms with Gasteiger partial charge in [-0.25, -0.2) is 4.79 Å². The zero-order chi connectivity index (χ0) is 10.7. The first-order valence-electron chi connectivity index (χ1n) is 4.54. The van der Waals surface area contributed by atoms with E-state index in [9.17, 15) is 4.79 Å². The highest BCUT2D eigenvalue weighted by Crippen LogP contribution is 1.73. The second-order valence-electron chi connectivity index (χ2n) is 2.93. The summed E-state index contributed by atoms with van der Waals surface area (Å²) in [5.74, 6) is 0. The van der Waals surface area contributed by atoms with Crippen LogP contribution in [0.25, 0.3) is 0 Å². The van der Waals surface area contributed by atoms with Crippen molar-refractivity contribution in [2.75, 3.05) is 34.3 Å². The molecule has 0 fully saturated rings.